The molecule has 0 spiro atoms. The van der Waals surface area contributed by atoms with Crippen LogP contribution in [0.3, 0.4) is 0 Å². The normalized spacial score (nSPS) is 35.6. The minimum Gasteiger partial charge on any atom is -0.386 e. The first-order valence-electron chi connectivity index (χ1n) is 3.59. The molecule has 1 N–H and O–H groups in total. The van der Waals surface area contributed by atoms with Gasteiger partial charge in [-0.05, 0) is 31.3 Å². The van der Waals surface area contributed by atoms with Gasteiger partial charge in [-0.1, -0.05) is 13.5 Å². The van der Waals surface area contributed by atoms with E-state index in [0.717, 1.165) is 31.3 Å². The van der Waals surface area contributed by atoms with Crippen LogP contribution >= 0.6 is 0 Å². The predicted octanol–water partition coefficient (Wildman–Crippen LogP) is 1.87. The topological polar surface area (TPSA) is 20.2 Å². The summed E-state index contributed by atoms with van der Waals surface area (Å²) in [5, 5.41) is 9.67. The molecule has 0 aromatic rings. The highest BCUT2D eigenvalue weighted by Crippen LogP contribution is 2.35. The first-order chi connectivity index (χ1) is 4.19. The van der Waals surface area contributed by atoms with Gasteiger partial charge in [0.2, 0.25) is 0 Å². The molecule has 0 aromatic carbocycles. The minimum atomic E-state index is -0.500. The van der Waals surface area contributed by atoms with Crippen LogP contribution in [0.2, 0.25) is 0 Å². The predicted molar refractivity (Wildman–Crippen MR) is 38.2 cm³/mol. The van der Waals surface area contributed by atoms with Crippen molar-refractivity contribution in [2.75, 3.05) is 0 Å². The molecular formula is C8H14O. The third-order valence-electron chi connectivity index (χ3n) is 2.31. The van der Waals surface area contributed by atoms with Gasteiger partial charge in [-0.25, -0.2) is 0 Å². The van der Waals surface area contributed by atoms with Crippen molar-refractivity contribution < 1.29 is 5.11 Å². The second-order valence-corrected chi connectivity index (χ2v) is 2.84. The summed E-state index contributed by atoms with van der Waals surface area (Å²) in [6.45, 7) is 5.84. The summed E-state index contributed by atoms with van der Waals surface area (Å²) in [6, 6.07) is 0. The quantitative estimate of drug-likeness (QED) is 0.532. The van der Waals surface area contributed by atoms with Crippen LogP contribution < -0.4 is 0 Å². The van der Waals surface area contributed by atoms with Crippen LogP contribution in [0.25, 0.3) is 0 Å². The molecule has 1 unspecified atom stereocenters. The lowest BCUT2D eigenvalue weighted by atomic mass is 9.96. The molecule has 0 aliphatic heterocycles. The van der Waals surface area contributed by atoms with Crippen LogP contribution in [-0.4, -0.2) is 10.7 Å². The molecule has 9 heavy (non-hydrogen) atoms. The van der Waals surface area contributed by atoms with Gasteiger partial charge in [-0.3, -0.25) is 0 Å². The Labute approximate surface area is 56.4 Å². The Morgan fingerprint density at radius 1 is 1.78 bits per heavy atom. The summed E-state index contributed by atoms with van der Waals surface area (Å²) in [4.78, 5) is 0. The zero-order valence-electron chi connectivity index (χ0n) is 5.98. The number of hydrogen-bond donors (Lipinski definition) is 1. The molecule has 1 heteroatoms. The van der Waals surface area contributed by atoms with E-state index in [1.165, 1.54) is 0 Å². The average Bonchev–Trinajstić information content (AvgIpc) is 2.15. The molecule has 1 rings (SSSR count). The van der Waals surface area contributed by atoms with Crippen LogP contribution in [-0.2, 0) is 0 Å². The summed E-state index contributed by atoms with van der Waals surface area (Å²) >= 11 is 0. The van der Waals surface area contributed by atoms with Crippen molar-refractivity contribution in [3.63, 3.8) is 0 Å². The van der Waals surface area contributed by atoms with Gasteiger partial charge in [0.15, 0.2) is 0 Å². The van der Waals surface area contributed by atoms with Gasteiger partial charge in [0.25, 0.3) is 0 Å². The summed E-state index contributed by atoms with van der Waals surface area (Å²) in [5.74, 6) is 0. The van der Waals surface area contributed by atoms with E-state index >= 15 is 0 Å². The fourth-order valence-electron chi connectivity index (χ4n) is 1.43. The van der Waals surface area contributed by atoms with E-state index in [0.29, 0.717) is 0 Å². The summed E-state index contributed by atoms with van der Waals surface area (Å²) < 4.78 is 0. The lowest BCUT2D eigenvalue weighted by molar-refractivity contribution is 0.0814. The summed E-state index contributed by atoms with van der Waals surface area (Å²) in [5.41, 5.74) is 0.532. The third kappa shape index (κ3) is 1.01. The molecule has 1 fully saturated rings. The second kappa shape index (κ2) is 2.14. The van der Waals surface area contributed by atoms with Crippen LogP contribution in [0.1, 0.15) is 32.6 Å². The highest BCUT2D eigenvalue weighted by Gasteiger charge is 2.32. The Hall–Kier alpha value is -0.300. The van der Waals surface area contributed by atoms with Crippen molar-refractivity contribution >= 4 is 0 Å². The van der Waals surface area contributed by atoms with Crippen LogP contribution in [0.4, 0.5) is 0 Å². The second-order valence-electron chi connectivity index (χ2n) is 2.84. The van der Waals surface area contributed by atoms with Crippen molar-refractivity contribution in [3.05, 3.63) is 12.2 Å². The largest absolute Gasteiger partial charge is 0.386 e. The minimum absolute atomic E-state index is 0.500. The molecule has 1 aliphatic carbocycles. The molecule has 1 atom stereocenters. The molecule has 1 saturated carbocycles. The molecule has 0 heterocycles. The van der Waals surface area contributed by atoms with E-state index in [4.69, 9.17) is 0 Å². The highest BCUT2D eigenvalue weighted by atomic mass is 16.3. The van der Waals surface area contributed by atoms with Gasteiger partial charge in [-0.2, -0.15) is 0 Å². The maximum Gasteiger partial charge on any atom is 0.0851 e. The van der Waals surface area contributed by atoms with E-state index in [2.05, 4.69) is 6.58 Å². The Morgan fingerprint density at radius 2 is 2.44 bits per heavy atom. The van der Waals surface area contributed by atoms with E-state index in [1.54, 1.807) is 0 Å². The summed E-state index contributed by atoms with van der Waals surface area (Å²) in [6.07, 6.45) is 3.88. The van der Waals surface area contributed by atoms with Crippen LogP contribution in [0.15, 0.2) is 12.2 Å². The molecule has 1 nitrogen and oxygen atoms in total. The maximum atomic E-state index is 9.67. The highest BCUT2D eigenvalue weighted by molar-refractivity contribution is 5.16. The van der Waals surface area contributed by atoms with Gasteiger partial charge < -0.3 is 5.11 Å². The molecule has 1 aliphatic rings. The van der Waals surface area contributed by atoms with Crippen molar-refractivity contribution in [3.8, 4) is 0 Å². The number of rotatable bonds is 1. The molecule has 0 radical (unpaired) electrons. The molecule has 0 aromatic heterocycles. The molecule has 0 bridgehead atoms. The fourth-order valence-corrected chi connectivity index (χ4v) is 1.43. The Balaban J connectivity index is 2.67. The standard InChI is InChI=1S/C8H14O/c1-3-8(9)6-4-5-7(8)2/h9H,2-6H2,1H3. The molecule has 0 saturated heterocycles. The number of aliphatic hydroxyl groups is 1. The average molecular weight is 126 g/mol. The fraction of sp³-hybridized carbons (Fsp3) is 0.750. The third-order valence-corrected chi connectivity index (χ3v) is 2.31. The van der Waals surface area contributed by atoms with Gasteiger partial charge in [0.05, 0.1) is 5.60 Å². The first-order valence-corrected chi connectivity index (χ1v) is 3.59. The van der Waals surface area contributed by atoms with Crippen molar-refractivity contribution in [1.29, 1.82) is 0 Å². The first kappa shape index (κ1) is 6.81. The van der Waals surface area contributed by atoms with Gasteiger partial charge in [0.1, 0.15) is 0 Å². The summed E-state index contributed by atoms with van der Waals surface area (Å²) in [7, 11) is 0. The van der Waals surface area contributed by atoms with E-state index in [9.17, 15) is 5.11 Å². The van der Waals surface area contributed by atoms with Crippen molar-refractivity contribution in [2.24, 2.45) is 0 Å². The maximum absolute atomic E-state index is 9.67. The Bertz CT molecular complexity index is 129. The van der Waals surface area contributed by atoms with E-state index in [-0.39, 0.29) is 0 Å². The Morgan fingerprint density at radius 3 is 2.67 bits per heavy atom. The zero-order valence-corrected chi connectivity index (χ0v) is 5.98. The van der Waals surface area contributed by atoms with Crippen molar-refractivity contribution in [1.82, 2.24) is 0 Å². The van der Waals surface area contributed by atoms with Crippen LogP contribution in [0, 0.1) is 0 Å². The van der Waals surface area contributed by atoms with Gasteiger partial charge >= 0.3 is 0 Å². The van der Waals surface area contributed by atoms with Crippen molar-refractivity contribution in [2.45, 2.75) is 38.2 Å². The zero-order chi connectivity index (χ0) is 6.91. The molecule has 52 valence electrons. The Kier molecular flexibility index (Phi) is 1.62. The molecular weight excluding hydrogens is 112 g/mol. The van der Waals surface area contributed by atoms with E-state index in [1.807, 2.05) is 6.92 Å². The number of hydrogen-bond acceptors (Lipinski definition) is 1. The lowest BCUT2D eigenvalue weighted by Gasteiger charge is -2.20. The molecule has 0 amide bonds. The van der Waals surface area contributed by atoms with Crippen LogP contribution in [0.5, 0.6) is 0 Å². The lowest BCUT2D eigenvalue weighted by Crippen LogP contribution is -2.24. The van der Waals surface area contributed by atoms with Gasteiger partial charge in [-0.15, -0.1) is 0 Å². The SMILES string of the molecule is C=C1CCCC1(O)CC. The smallest absolute Gasteiger partial charge is 0.0851 e. The van der Waals surface area contributed by atoms with Gasteiger partial charge in [0, 0.05) is 0 Å². The van der Waals surface area contributed by atoms with E-state index < -0.39 is 5.60 Å². The monoisotopic (exact) mass is 126 g/mol.